The van der Waals surface area contributed by atoms with Gasteiger partial charge in [-0.2, -0.15) is 0 Å². The number of aromatic nitrogens is 2. The number of nitrogens with zero attached hydrogens (tertiary/aromatic N) is 2. The van der Waals surface area contributed by atoms with E-state index in [1.54, 1.807) is 7.05 Å². The van der Waals surface area contributed by atoms with Crippen LogP contribution in [0.1, 0.15) is 31.7 Å². The summed E-state index contributed by atoms with van der Waals surface area (Å²) in [7, 11) is 1.68. The second kappa shape index (κ2) is 7.74. The highest BCUT2D eigenvalue weighted by Crippen LogP contribution is 2.30. The molecule has 4 rings (SSSR count). The number of aryl methyl sites for hydroxylation is 1. The molecule has 0 aliphatic carbocycles. The Bertz CT molecular complexity index is 929. The van der Waals surface area contributed by atoms with E-state index in [0.717, 1.165) is 25.9 Å². The van der Waals surface area contributed by atoms with Crippen LogP contribution >= 0.6 is 12.4 Å². The lowest BCUT2D eigenvalue weighted by Crippen LogP contribution is -2.44. The summed E-state index contributed by atoms with van der Waals surface area (Å²) in [6, 6.07) is 4.83. The van der Waals surface area contributed by atoms with E-state index in [9.17, 15) is 14.4 Å². The molecule has 2 aromatic rings. The first-order chi connectivity index (χ1) is 12.6. The van der Waals surface area contributed by atoms with E-state index in [-0.39, 0.29) is 36.5 Å². The van der Waals surface area contributed by atoms with Gasteiger partial charge in [-0.25, -0.2) is 4.79 Å². The second-order valence-electron chi connectivity index (χ2n) is 6.87. The molecule has 0 spiro atoms. The molecule has 8 nitrogen and oxygen atoms in total. The van der Waals surface area contributed by atoms with Gasteiger partial charge < -0.3 is 10.1 Å². The summed E-state index contributed by atoms with van der Waals surface area (Å²) < 4.78 is 9.18. The molecule has 1 unspecified atom stereocenters. The Morgan fingerprint density at radius 2 is 1.85 bits per heavy atom. The highest BCUT2D eigenvalue weighted by atomic mass is 35.5. The lowest BCUT2D eigenvalue weighted by molar-refractivity contribution is -0.135. The molecule has 146 valence electrons. The number of carbonyl (C=O) groups excluding carboxylic acids is 2. The van der Waals surface area contributed by atoms with Crippen molar-refractivity contribution in [3.63, 3.8) is 0 Å². The molecule has 0 saturated carbocycles. The zero-order valence-corrected chi connectivity index (χ0v) is 15.9. The third-order valence-corrected chi connectivity index (χ3v) is 5.17. The van der Waals surface area contributed by atoms with Crippen molar-refractivity contribution < 1.29 is 14.3 Å². The van der Waals surface area contributed by atoms with Crippen LogP contribution in [0, 0.1) is 0 Å². The molecule has 2 aliphatic rings. The van der Waals surface area contributed by atoms with Crippen molar-refractivity contribution in [2.24, 2.45) is 7.05 Å². The Balaban J connectivity index is 0.00000210. The van der Waals surface area contributed by atoms with Gasteiger partial charge in [0.25, 0.3) is 0 Å². The standard InChI is InChI=1S/C18H22N4O4.ClH/c1-21-16-12(3-2-4-14(16)26-11-7-9-19-10-8-11)22(18(21)25)13-5-6-15(23)20-17(13)24;/h2-4,11,13,19H,5-10H2,1H3,(H,20,23,24);1H. The maximum absolute atomic E-state index is 12.9. The van der Waals surface area contributed by atoms with Gasteiger partial charge in [0.1, 0.15) is 23.4 Å². The van der Waals surface area contributed by atoms with Gasteiger partial charge >= 0.3 is 5.69 Å². The first kappa shape index (κ1) is 19.4. The Kier molecular flexibility index (Phi) is 5.57. The summed E-state index contributed by atoms with van der Waals surface area (Å²) in [5.41, 5.74) is 1.05. The molecular formula is C18H23ClN4O4. The highest BCUT2D eigenvalue weighted by Gasteiger charge is 2.32. The molecule has 1 atom stereocenters. The third-order valence-electron chi connectivity index (χ3n) is 5.17. The average Bonchev–Trinajstić information content (AvgIpc) is 2.88. The highest BCUT2D eigenvalue weighted by molar-refractivity contribution is 6.00. The van der Waals surface area contributed by atoms with E-state index in [1.165, 1.54) is 9.13 Å². The van der Waals surface area contributed by atoms with E-state index in [2.05, 4.69) is 10.6 Å². The maximum atomic E-state index is 12.9. The van der Waals surface area contributed by atoms with Crippen LogP contribution in [0.15, 0.2) is 23.0 Å². The normalized spacial score (nSPS) is 21.0. The molecule has 0 radical (unpaired) electrons. The quantitative estimate of drug-likeness (QED) is 0.753. The number of amides is 2. The Morgan fingerprint density at radius 3 is 2.56 bits per heavy atom. The van der Waals surface area contributed by atoms with Crippen molar-refractivity contribution in [2.45, 2.75) is 37.8 Å². The topological polar surface area (TPSA) is 94.4 Å². The number of nitrogens with one attached hydrogen (secondary N) is 2. The molecule has 2 aliphatic heterocycles. The Hall–Kier alpha value is -2.32. The predicted octanol–water partition coefficient (Wildman–Crippen LogP) is 0.870. The molecule has 2 amide bonds. The van der Waals surface area contributed by atoms with Crippen LogP contribution < -0.4 is 21.1 Å². The number of para-hydroxylation sites is 1. The number of hydrogen-bond acceptors (Lipinski definition) is 5. The summed E-state index contributed by atoms with van der Waals surface area (Å²) in [5, 5.41) is 5.63. The minimum absolute atomic E-state index is 0. The predicted molar refractivity (Wildman–Crippen MR) is 102 cm³/mol. The Morgan fingerprint density at radius 1 is 1.11 bits per heavy atom. The molecule has 2 fully saturated rings. The summed E-state index contributed by atoms with van der Waals surface area (Å²) in [6.07, 6.45) is 2.49. The lowest BCUT2D eigenvalue weighted by Gasteiger charge is -2.24. The maximum Gasteiger partial charge on any atom is 0.329 e. The molecule has 27 heavy (non-hydrogen) atoms. The number of fused-ring (bicyclic) bond motifs is 1. The van der Waals surface area contributed by atoms with Gasteiger partial charge in [-0.05, 0) is 44.5 Å². The molecule has 2 N–H and O–H groups in total. The smallest absolute Gasteiger partial charge is 0.329 e. The van der Waals surface area contributed by atoms with Gasteiger partial charge in [0, 0.05) is 13.5 Å². The lowest BCUT2D eigenvalue weighted by atomic mass is 10.1. The summed E-state index contributed by atoms with van der Waals surface area (Å²) >= 11 is 0. The van der Waals surface area contributed by atoms with Crippen molar-refractivity contribution in [2.75, 3.05) is 13.1 Å². The molecule has 1 aromatic carbocycles. The second-order valence-corrected chi connectivity index (χ2v) is 6.87. The van der Waals surface area contributed by atoms with E-state index < -0.39 is 11.9 Å². The Labute approximate surface area is 162 Å². The molecule has 3 heterocycles. The van der Waals surface area contributed by atoms with Crippen LogP contribution in [0.4, 0.5) is 0 Å². The van der Waals surface area contributed by atoms with Crippen molar-refractivity contribution >= 4 is 35.3 Å². The van der Waals surface area contributed by atoms with Gasteiger partial charge in [0.15, 0.2) is 0 Å². The number of benzene rings is 1. The number of rotatable bonds is 3. The molecule has 1 aromatic heterocycles. The SMILES string of the molecule is Cl.Cn1c(=O)n(C2CCC(=O)NC2=O)c2cccc(OC3CCNCC3)c21. The van der Waals surface area contributed by atoms with Crippen LogP contribution in [-0.2, 0) is 16.6 Å². The molecule has 0 bridgehead atoms. The number of ether oxygens (including phenoxy) is 1. The fourth-order valence-electron chi connectivity index (χ4n) is 3.82. The van der Waals surface area contributed by atoms with E-state index in [4.69, 9.17) is 4.74 Å². The van der Waals surface area contributed by atoms with Gasteiger partial charge in [0.05, 0.1) is 5.52 Å². The summed E-state index contributed by atoms with van der Waals surface area (Å²) in [4.78, 5) is 36.6. The number of carbonyl (C=O) groups is 2. The van der Waals surface area contributed by atoms with Gasteiger partial charge in [0.2, 0.25) is 11.8 Å². The van der Waals surface area contributed by atoms with Crippen molar-refractivity contribution in [1.29, 1.82) is 0 Å². The first-order valence-corrected chi connectivity index (χ1v) is 8.97. The van der Waals surface area contributed by atoms with Gasteiger partial charge in [-0.15, -0.1) is 12.4 Å². The van der Waals surface area contributed by atoms with Crippen LogP contribution in [0.25, 0.3) is 11.0 Å². The minimum Gasteiger partial charge on any atom is -0.488 e. The molecule has 9 heteroatoms. The van der Waals surface area contributed by atoms with E-state index >= 15 is 0 Å². The average molecular weight is 395 g/mol. The molecule has 2 saturated heterocycles. The zero-order chi connectivity index (χ0) is 18.3. The minimum atomic E-state index is -0.682. The van der Waals surface area contributed by atoms with Crippen LogP contribution in [0.3, 0.4) is 0 Å². The van der Waals surface area contributed by atoms with Gasteiger partial charge in [-0.3, -0.25) is 24.0 Å². The summed E-state index contributed by atoms with van der Waals surface area (Å²) in [6.45, 7) is 1.83. The zero-order valence-electron chi connectivity index (χ0n) is 15.1. The number of imidazole rings is 1. The molecular weight excluding hydrogens is 372 g/mol. The number of halogens is 1. The van der Waals surface area contributed by atoms with E-state index in [0.29, 0.717) is 23.2 Å². The number of imide groups is 1. The largest absolute Gasteiger partial charge is 0.488 e. The van der Waals surface area contributed by atoms with Crippen LogP contribution in [-0.4, -0.2) is 40.1 Å². The van der Waals surface area contributed by atoms with Crippen LogP contribution in [0.2, 0.25) is 0 Å². The number of piperidine rings is 2. The number of hydrogen-bond donors (Lipinski definition) is 2. The fourth-order valence-corrected chi connectivity index (χ4v) is 3.82. The monoisotopic (exact) mass is 394 g/mol. The van der Waals surface area contributed by atoms with Crippen molar-refractivity contribution in [1.82, 2.24) is 19.8 Å². The van der Waals surface area contributed by atoms with Crippen molar-refractivity contribution in [3.05, 3.63) is 28.7 Å². The third kappa shape index (κ3) is 3.46. The van der Waals surface area contributed by atoms with Gasteiger partial charge in [-0.1, -0.05) is 6.07 Å². The van der Waals surface area contributed by atoms with E-state index in [1.807, 2.05) is 18.2 Å². The fraction of sp³-hybridized carbons (Fsp3) is 0.500. The first-order valence-electron chi connectivity index (χ1n) is 8.97. The summed E-state index contributed by atoms with van der Waals surface area (Å²) in [5.74, 6) is -0.0740. The van der Waals surface area contributed by atoms with Crippen LogP contribution in [0.5, 0.6) is 5.75 Å². The van der Waals surface area contributed by atoms with Crippen molar-refractivity contribution in [3.8, 4) is 5.75 Å².